The zero-order chi connectivity index (χ0) is 28.9. The number of rotatable bonds is 8. The van der Waals surface area contributed by atoms with E-state index in [9.17, 15) is 4.79 Å². The molecule has 2 aromatic rings. The van der Waals surface area contributed by atoms with Crippen molar-refractivity contribution >= 4 is 17.7 Å². The van der Waals surface area contributed by atoms with E-state index in [1.807, 2.05) is 18.6 Å². The second kappa shape index (κ2) is 13.4. The number of likely N-dealkylation sites (N-methyl/N-ethyl adjacent to an activating group) is 1. The molecular formula is C35H46N6O. The van der Waals surface area contributed by atoms with Gasteiger partial charge in [0.1, 0.15) is 0 Å². The Labute approximate surface area is 251 Å². The van der Waals surface area contributed by atoms with Gasteiger partial charge in [0.25, 0.3) is 5.91 Å². The fourth-order valence-corrected chi connectivity index (χ4v) is 6.88. The van der Waals surface area contributed by atoms with Gasteiger partial charge in [0.05, 0.1) is 12.6 Å². The van der Waals surface area contributed by atoms with Crippen molar-refractivity contribution in [2.45, 2.75) is 58.0 Å². The molecule has 0 spiro atoms. The molecule has 7 heteroatoms. The molecule has 1 aromatic carbocycles. The molecule has 7 nitrogen and oxygen atoms in total. The van der Waals surface area contributed by atoms with E-state index < -0.39 is 0 Å². The van der Waals surface area contributed by atoms with Crippen molar-refractivity contribution in [3.05, 3.63) is 70.6 Å². The molecule has 1 unspecified atom stereocenters. The largest absolute Gasteiger partial charge is 0.344 e. The topological polar surface area (TPSA) is 64.1 Å². The molecule has 6 rings (SSSR count). The van der Waals surface area contributed by atoms with Crippen LogP contribution in [0.25, 0.3) is 16.7 Å². The molecule has 1 aromatic heterocycles. The quantitative estimate of drug-likeness (QED) is 0.507. The number of hydrogen-bond donors (Lipinski definition) is 1. The van der Waals surface area contributed by atoms with Crippen LogP contribution in [0.2, 0.25) is 0 Å². The maximum absolute atomic E-state index is 14.0. The van der Waals surface area contributed by atoms with Crippen molar-refractivity contribution in [2.24, 2.45) is 4.99 Å². The van der Waals surface area contributed by atoms with Gasteiger partial charge in [-0.2, -0.15) is 0 Å². The number of fused-ring (bicyclic) bond motifs is 1. The Morgan fingerprint density at radius 1 is 0.929 bits per heavy atom. The summed E-state index contributed by atoms with van der Waals surface area (Å²) >= 11 is 0. The average Bonchev–Trinajstić information content (AvgIpc) is 3.02. The number of benzene rings is 1. The van der Waals surface area contributed by atoms with Gasteiger partial charge in [0, 0.05) is 69.0 Å². The number of carbonyl (C=O) groups excluding carboxylic acids is 1. The third kappa shape index (κ3) is 6.91. The van der Waals surface area contributed by atoms with E-state index in [2.05, 4.69) is 74.3 Å². The molecule has 1 amide bonds. The Hall–Kier alpha value is -3.13. The van der Waals surface area contributed by atoms with Gasteiger partial charge in [-0.25, -0.2) is 0 Å². The second-order valence-corrected chi connectivity index (χ2v) is 12.5. The number of carbonyl (C=O) groups is 1. The zero-order valence-corrected chi connectivity index (χ0v) is 25.4. The van der Waals surface area contributed by atoms with Crippen LogP contribution in [0, 0.1) is 0 Å². The van der Waals surface area contributed by atoms with Gasteiger partial charge in [0.15, 0.2) is 0 Å². The summed E-state index contributed by atoms with van der Waals surface area (Å²) in [5.74, 6) is 0.0302. The SMILES string of the molecule is CCC1=C(C(=O)NC2C=C(CN3CCCCC3)C=NC2)c2cc(-c3cncc(CN4CCN(C)CC4)c3)ccc2CC1. The van der Waals surface area contributed by atoms with Gasteiger partial charge >= 0.3 is 0 Å². The summed E-state index contributed by atoms with van der Waals surface area (Å²) in [6.45, 7) is 11.3. The highest BCUT2D eigenvalue weighted by Crippen LogP contribution is 2.36. The number of likely N-dealkylation sites (tertiary alicyclic amines) is 1. The molecule has 2 saturated heterocycles. The van der Waals surface area contributed by atoms with Crippen LogP contribution in [0.5, 0.6) is 0 Å². The zero-order valence-electron chi connectivity index (χ0n) is 25.4. The van der Waals surface area contributed by atoms with Crippen LogP contribution in [0.3, 0.4) is 0 Å². The third-order valence-electron chi connectivity index (χ3n) is 9.36. The number of aryl methyl sites for hydroxylation is 1. The molecule has 1 atom stereocenters. The Morgan fingerprint density at radius 3 is 2.55 bits per heavy atom. The Morgan fingerprint density at radius 2 is 1.74 bits per heavy atom. The summed E-state index contributed by atoms with van der Waals surface area (Å²) in [6, 6.07) is 8.85. The smallest absolute Gasteiger partial charge is 0.252 e. The van der Waals surface area contributed by atoms with Gasteiger partial charge in [-0.3, -0.25) is 24.6 Å². The van der Waals surface area contributed by atoms with E-state index in [0.717, 1.165) is 93.9 Å². The van der Waals surface area contributed by atoms with Crippen LogP contribution >= 0.6 is 0 Å². The highest BCUT2D eigenvalue weighted by molar-refractivity contribution is 6.21. The van der Waals surface area contributed by atoms with Crippen molar-refractivity contribution < 1.29 is 4.79 Å². The number of amides is 1. The number of pyridine rings is 1. The van der Waals surface area contributed by atoms with E-state index in [4.69, 9.17) is 0 Å². The first-order chi connectivity index (χ1) is 20.6. The van der Waals surface area contributed by atoms with Gasteiger partial charge in [-0.05, 0) is 92.2 Å². The van der Waals surface area contributed by atoms with E-state index >= 15 is 0 Å². The highest BCUT2D eigenvalue weighted by atomic mass is 16.1. The van der Waals surface area contributed by atoms with Crippen molar-refractivity contribution in [3.63, 3.8) is 0 Å². The fourth-order valence-electron chi connectivity index (χ4n) is 6.88. The number of piperidine rings is 1. The normalized spacial score (nSPS) is 22.1. The predicted molar refractivity (Wildman–Crippen MR) is 172 cm³/mol. The Kier molecular flexibility index (Phi) is 9.27. The molecule has 1 aliphatic carbocycles. The lowest BCUT2D eigenvalue weighted by Gasteiger charge is -2.32. The van der Waals surface area contributed by atoms with E-state index in [0.29, 0.717) is 6.54 Å². The molecule has 0 radical (unpaired) electrons. The van der Waals surface area contributed by atoms with Gasteiger partial charge < -0.3 is 10.2 Å². The Bertz CT molecular complexity index is 1360. The van der Waals surface area contributed by atoms with Gasteiger partial charge in [-0.15, -0.1) is 0 Å². The van der Waals surface area contributed by atoms with E-state index in [1.165, 1.54) is 41.5 Å². The summed E-state index contributed by atoms with van der Waals surface area (Å²) in [6.07, 6.45) is 14.9. The van der Waals surface area contributed by atoms with Crippen LogP contribution in [0.1, 0.15) is 55.7 Å². The molecule has 222 valence electrons. The van der Waals surface area contributed by atoms with Crippen molar-refractivity contribution in [3.8, 4) is 11.1 Å². The molecule has 3 aliphatic heterocycles. The van der Waals surface area contributed by atoms with Crippen LogP contribution in [0.15, 0.2) is 58.9 Å². The lowest BCUT2D eigenvalue weighted by molar-refractivity contribution is -0.116. The summed E-state index contributed by atoms with van der Waals surface area (Å²) in [7, 11) is 2.19. The van der Waals surface area contributed by atoms with Crippen LogP contribution < -0.4 is 5.32 Å². The highest BCUT2D eigenvalue weighted by Gasteiger charge is 2.26. The number of aliphatic imine (C=N–C) groups is 1. The van der Waals surface area contributed by atoms with Crippen LogP contribution in [0.4, 0.5) is 0 Å². The second-order valence-electron chi connectivity index (χ2n) is 12.5. The molecular weight excluding hydrogens is 520 g/mol. The number of allylic oxidation sites excluding steroid dienone is 1. The first kappa shape index (κ1) is 29.0. The minimum absolute atomic E-state index is 0.0302. The molecule has 42 heavy (non-hydrogen) atoms. The maximum atomic E-state index is 14.0. The Balaban J connectivity index is 1.20. The lowest BCUT2D eigenvalue weighted by atomic mass is 9.82. The lowest BCUT2D eigenvalue weighted by Crippen LogP contribution is -2.43. The molecule has 2 fully saturated rings. The summed E-state index contributed by atoms with van der Waals surface area (Å²) in [5.41, 5.74) is 9.13. The van der Waals surface area contributed by atoms with E-state index in [-0.39, 0.29) is 11.9 Å². The summed E-state index contributed by atoms with van der Waals surface area (Å²) < 4.78 is 0. The van der Waals surface area contributed by atoms with Gasteiger partial charge in [-0.1, -0.05) is 37.1 Å². The maximum Gasteiger partial charge on any atom is 0.252 e. The standard InChI is InChI=1S/C35H46N6O/c1-3-28-7-8-29-9-10-30(31-17-26(20-36-22-31)24-41-15-13-39(2)14-16-41)19-33(29)34(28)35(42)38-32-18-27(21-37-23-32)25-40-11-5-4-6-12-40/h9-10,17-22,32H,3-8,11-16,23-25H2,1-2H3,(H,38,42). The summed E-state index contributed by atoms with van der Waals surface area (Å²) in [4.78, 5) is 30.6. The van der Waals surface area contributed by atoms with Crippen LogP contribution in [-0.2, 0) is 17.8 Å². The van der Waals surface area contributed by atoms with Crippen molar-refractivity contribution in [1.29, 1.82) is 0 Å². The minimum atomic E-state index is -0.0723. The average molecular weight is 567 g/mol. The monoisotopic (exact) mass is 566 g/mol. The summed E-state index contributed by atoms with van der Waals surface area (Å²) in [5, 5.41) is 3.35. The molecule has 1 N–H and O–H groups in total. The number of nitrogens with one attached hydrogen (secondary N) is 1. The fraction of sp³-hybridized carbons (Fsp3) is 0.514. The molecule has 4 aliphatic rings. The van der Waals surface area contributed by atoms with Crippen LogP contribution in [-0.4, -0.2) is 97.3 Å². The first-order valence-corrected chi connectivity index (χ1v) is 16.0. The van der Waals surface area contributed by atoms with Crippen molar-refractivity contribution in [2.75, 3.05) is 59.4 Å². The number of hydrogen-bond acceptors (Lipinski definition) is 6. The predicted octanol–water partition coefficient (Wildman–Crippen LogP) is 4.59. The third-order valence-corrected chi connectivity index (χ3v) is 9.36. The molecule has 0 saturated carbocycles. The van der Waals surface area contributed by atoms with Crippen molar-refractivity contribution in [1.82, 2.24) is 25.0 Å². The number of piperazine rings is 1. The van der Waals surface area contributed by atoms with Gasteiger partial charge in [0.2, 0.25) is 0 Å². The first-order valence-electron chi connectivity index (χ1n) is 16.0. The minimum Gasteiger partial charge on any atom is -0.344 e. The van der Waals surface area contributed by atoms with E-state index in [1.54, 1.807) is 0 Å². The number of nitrogens with zero attached hydrogens (tertiary/aromatic N) is 5. The molecule has 4 heterocycles. The molecule has 0 bridgehead atoms. The number of aromatic nitrogens is 1. The number of dihydropyridines is 1.